The van der Waals surface area contributed by atoms with Crippen molar-refractivity contribution in [3.63, 3.8) is 0 Å². The largest absolute Gasteiger partial charge is 0.494 e. The first-order valence-corrected chi connectivity index (χ1v) is 4.98. The highest BCUT2D eigenvalue weighted by Gasteiger charge is 2.05. The second-order valence-electron chi connectivity index (χ2n) is 2.43. The van der Waals surface area contributed by atoms with Gasteiger partial charge in [-0.05, 0) is 19.1 Å². The smallest absolute Gasteiger partial charge is 0.357 e. The average molecular weight is 217 g/mol. The molecule has 78 valence electrons. The van der Waals surface area contributed by atoms with Gasteiger partial charge in [0.25, 0.3) is 0 Å². The van der Waals surface area contributed by atoms with Gasteiger partial charge in [0, 0.05) is 6.07 Å². The van der Waals surface area contributed by atoms with Gasteiger partial charge in [-0.1, -0.05) is 0 Å². The Hall–Kier alpha value is -1.27. The fourth-order valence-corrected chi connectivity index (χ4v) is 1.22. The number of hydrogen-bond acceptors (Lipinski definition) is 4. The van der Waals surface area contributed by atoms with E-state index in [1.54, 1.807) is 12.1 Å². The minimum absolute atomic E-state index is 0.136. The Morgan fingerprint density at radius 1 is 1.57 bits per heavy atom. The Labute approximate surface area is 84.3 Å². The summed E-state index contributed by atoms with van der Waals surface area (Å²) < 4.78 is 28.6. The molecule has 0 aliphatic carbocycles. The lowest BCUT2D eigenvalue weighted by molar-refractivity contribution is 0.339. The third-order valence-electron chi connectivity index (χ3n) is 1.46. The van der Waals surface area contributed by atoms with Gasteiger partial charge in [0.1, 0.15) is 5.75 Å². The molecule has 0 bridgehead atoms. The Kier molecular flexibility index (Phi) is 3.73. The zero-order valence-corrected chi connectivity index (χ0v) is 8.41. The summed E-state index contributed by atoms with van der Waals surface area (Å²) in [5, 5.41) is 0. The molecule has 0 saturated carbocycles. The molecule has 1 atom stereocenters. The van der Waals surface area contributed by atoms with Crippen LogP contribution in [0.25, 0.3) is 0 Å². The van der Waals surface area contributed by atoms with E-state index in [-0.39, 0.29) is 11.4 Å². The first-order valence-electron chi connectivity index (χ1n) is 3.95. The second kappa shape index (κ2) is 4.83. The summed E-state index contributed by atoms with van der Waals surface area (Å²) >= 11 is -2.37. The molecule has 5 nitrogen and oxygen atoms in total. The molecule has 0 saturated heterocycles. The summed E-state index contributed by atoms with van der Waals surface area (Å²) in [5.74, 6) is 0.680. The molecule has 0 aromatic heterocycles. The summed E-state index contributed by atoms with van der Waals surface area (Å²) in [6.07, 6.45) is 0. The van der Waals surface area contributed by atoms with Crippen molar-refractivity contribution in [3.05, 3.63) is 18.2 Å². The molecular weight excluding hydrogens is 206 g/mol. The van der Waals surface area contributed by atoms with Gasteiger partial charge >= 0.3 is 11.4 Å². The maximum atomic E-state index is 10.4. The predicted octanol–water partition coefficient (Wildman–Crippen LogP) is 1.18. The van der Waals surface area contributed by atoms with Crippen molar-refractivity contribution in [2.45, 2.75) is 6.92 Å². The van der Waals surface area contributed by atoms with E-state index < -0.39 is 11.4 Å². The van der Waals surface area contributed by atoms with Crippen LogP contribution in [0.5, 0.6) is 11.5 Å². The van der Waals surface area contributed by atoms with Gasteiger partial charge in [0.05, 0.1) is 12.3 Å². The third-order valence-corrected chi connectivity index (χ3v) is 1.78. The van der Waals surface area contributed by atoms with Crippen LogP contribution in [0.2, 0.25) is 0 Å². The normalized spacial score (nSPS) is 12.1. The van der Waals surface area contributed by atoms with E-state index in [4.69, 9.17) is 15.0 Å². The molecule has 0 aliphatic rings. The number of rotatable bonds is 4. The zero-order chi connectivity index (χ0) is 10.6. The van der Waals surface area contributed by atoms with E-state index >= 15 is 0 Å². The van der Waals surface area contributed by atoms with E-state index in [1.807, 2.05) is 6.92 Å². The standard InChI is InChI=1S/C8H11NO4S/c1-2-12-6-3-4-7(9)8(5-6)13-14(10)11/h3-5H,2,9H2,1H3,(H,10,11). The van der Waals surface area contributed by atoms with E-state index in [2.05, 4.69) is 4.18 Å². The Morgan fingerprint density at radius 2 is 2.29 bits per heavy atom. The summed E-state index contributed by atoms with van der Waals surface area (Å²) in [4.78, 5) is 0. The fourth-order valence-electron chi connectivity index (χ4n) is 0.920. The Morgan fingerprint density at radius 3 is 2.86 bits per heavy atom. The fraction of sp³-hybridized carbons (Fsp3) is 0.250. The molecule has 1 aromatic rings. The number of ether oxygens (including phenoxy) is 1. The average Bonchev–Trinajstić information content (AvgIpc) is 2.10. The Bertz CT molecular complexity index is 342. The molecule has 1 unspecified atom stereocenters. The molecule has 0 heterocycles. The van der Waals surface area contributed by atoms with Crippen LogP contribution in [0.3, 0.4) is 0 Å². The van der Waals surface area contributed by atoms with Crippen LogP contribution in [-0.2, 0) is 11.4 Å². The lowest BCUT2D eigenvalue weighted by atomic mass is 10.3. The van der Waals surface area contributed by atoms with Crippen LogP contribution >= 0.6 is 0 Å². The predicted molar refractivity (Wildman–Crippen MR) is 53.4 cm³/mol. The van der Waals surface area contributed by atoms with Gasteiger partial charge in [-0.15, -0.1) is 0 Å². The first kappa shape index (κ1) is 10.8. The van der Waals surface area contributed by atoms with E-state index in [0.717, 1.165) is 0 Å². The second-order valence-corrected chi connectivity index (χ2v) is 3.03. The van der Waals surface area contributed by atoms with Crippen molar-refractivity contribution in [2.24, 2.45) is 0 Å². The topological polar surface area (TPSA) is 81.8 Å². The van der Waals surface area contributed by atoms with Gasteiger partial charge in [-0.2, -0.15) is 4.21 Å². The number of nitrogens with two attached hydrogens (primary N) is 1. The zero-order valence-electron chi connectivity index (χ0n) is 7.60. The van der Waals surface area contributed by atoms with E-state index in [1.165, 1.54) is 6.07 Å². The van der Waals surface area contributed by atoms with Crippen LogP contribution in [0.15, 0.2) is 18.2 Å². The molecule has 0 spiro atoms. The molecular formula is C8H11NO4S. The molecule has 1 aromatic carbocycles. The van der Waals surface area contributed by atoms with Gasteiger partial charge in [0.2, 0.25) is 0 Å². The molecule has 0 fully saturated rings. The molecule has 0 amide bonds. The maximum Gasteiger partial charge on any atom is 0.357 e. The minimum Gasteiger partial charge on any atom is -0.494 e. The quantitative estimate of drug-likeness (QED) is 0.584. The summed E-state index contributed by atoms with van der Waals surface area (Å²) in [7, 11) is 0. The lowest BCUT2D eigenvalue weighted by Gasteiger charge is -2.07. The van der Waals surface area contributed by atoms with Crippen LogP contribution in [-0.4, -0.2) is 15.4 Å². The van der Waals surface area contributed by atoms with Gasteiger partial charge in [-0.3, -0.25) is 4.55 Å². The van der Waals surface area contributed by atoms with E-state index in [9.17, 15) is 4.21 Å². The maximum absolute atomic E-state index is 10.4. The molecule has 6 heteroatoms. The summed E-state index contributed by atoms with van der Waals surface area (Å²) in [5.41, 5.74) is 5.80. The first-order chi connectivity index (χ1) is 6.63. The highest BCUT2D eigenvalue weighted by molar-refractivity contribution is 7.74. The monoisotopic (exact) mass is 217 g/mol. The Balaban J connectivity index is 2.90. The molecule has 3 N–H and O–H groups in total. The van der Waals surface area contributed by atoms with Crippen molar-refractivity contribution in [1.82, 2.24) is 0 Å². The molecule has 1 rings (SSSR count). The van der Waals surface area contributed by atoms with Crippen molar-refractivity contribution in [1.29, 1.82) is 0 Å². The lowest BCUT2D eigenvalue weighted by Crippen LogP contribution is -2.01. The third kappa shape index (κ3) is 2.90. The van der Waals surface area contributed by atoms with Crippen molar-refractivity contribution < 1.29 is 17.7 Å². The number of nitrogen functional groups attached to an aromatic ring is 1. The van der Waals surface area contributed by atoms with Crippen LogP contribution in [0.4, 0.5) is 5.69 Å². The molecule has 0 aliphatic heterocycles. The summed E-state index contributed by atoms with van der Waals surface area (Å²) in [6, 6.07) is 4.67. The van der Waals surface area contributed by atoms with Gasteiger partial charge < -0.3 is 14.7 Å². The minimum atomic E-state index is -2.37. The number of benzene rings is 1. The molecule has 14 heavy (non-hydrogen) atoms. The highest BCUT2D eigenvalue weighted by atomic mass is 32.2. The SMILES string of the molecule is CCOc1ccc(N)c(OS(=O)O)c1. The number of anilines is 1. The van der Waals surface area contributed by atoms with Gasteiger partial charge in [0.15, 0.2) is 5.75 Å². The van der Waals surface area contributed by atoms with Crippen molar-refractivity contribution >= 4 is 17.0 Å². The van der Waals surface area contributed by atoms with Crippen molar-refractivity contribution in [3.8, 4) is 11.5 Å². The van der Waals surface area contributed by atoms with Crippen molar-refractivity contribution in [2.75, 3.05) is 12.3 Å². The van der Waals surface area contributed by atoms with Crippen LogP contribution < -0.4 is 14.7 Å². The molecule has 0 radical (unpaired) electrons. The van der Waals surface area contributed by atoms with Crippen LogP contribution in [0, 0.1) is 0 Å². The van der Waals surface area contributed by atoms with E-state index in [0.29, 0.717) is 12.4 Å². The highest BCUT2D eigenvalue weighted by Crippen LogP contribution is 2.27. The number of hydrogen-bond donors (Lipinski definition) is 2. The van der Waals surface area contributed by atoms with Crippen LogP contribution in [0.1, 0.15) is 6.92 Å². The van der Waals surface area contributed by atoms with Gasteiger partial charge in [-0.25, -0.2) is 0 Å². The summed E-state index contributed by atoms with van der Waals surface area (Å²) in [6.45, 7) is 2.34.